The SMILES string of the molecule is Cc1ccccc1CCNCC1CCCN(S(C)(=O)=O)C1. The number of benzene rings is 1. The summed E-state index contributed by atoms with van der Waals surface area (Å²) in [7, 11) is -3.03. The van der Waals surface area contributed by atoms with Crippen LogP contribution >= 0.6 is 0 Å². The third kappa shape index (κ3) is 5.09. The van der Waals surface area contributed by atoms with Crippen LogP contribution in [0.1, 0.15) is 24.0 Å². The van der Waals surface area contributed by atoms with Crippen molar-refractivity contribution >= 4 is 10.0 Å². The maximum Gasteiger partial charge on any atom is 0.211 e. The van der Waals surface area contributed by atoms with Crippen LogP contribution in [0.5, 0.6) is 0 Å². The van der Waals surface area contributed by atoms with E-state index in [2.05, 4.69) is 36.5 Å². The molecule has 1 aliphatic heterocycles. The molecule has 1 aromatic rings. The Hall–Kier alpha value is -0.910. The van der Waals surface area contributed by atoms with Crippen molar-refractivity contribution in [2.45, 2.75) is 26.2 Å². The van der Waals surface area contributed by atoms with Crippen LogP contribution in [0.4, 0.5) is 0 Å². The number of aryl methyl sites for hydroxylation is 1. The molecule has 1 aliphatic rings. The van der Waals surface area contributed by atoms with Crippen molar-refractivity contribution in [2.24, 2.45) is 5.92 Å². The zero-order chi connectivity index (χ0) is 15.3. The van der Waals surface area contributed by atoms with Crippen molar-refractivity contribution in [2.75, 3.05) is 32.4 Å². The first kappa shape index (κ1) is 16.5. The van der Waals surface area contributed by atoms with E-state index in [1.54, 1.807) is 4.31 Å². The van der Waals surface area contributed by atoms with Gasteiger partial charge in [-0.1, -0.05) is 24.3 Å². The molecule has 0 bridgehead atoms. The summed E-state index contributed by atoms with van der Waals surface area (Å²) >= 11 is 0. The number of hydrogen-bond donors (Lipinski definition) is 1. The van der Waals surface area contributed by atoms with Crippen molar-refractivity contribution in [3.05, 3.63) is 35.4 Å². The molecule has 1 N–H and O–H groups in total. The highest BCUT2D eigenvalue weighted by Gasteiger charge is 2.25. The molecule has 5 heteroatoms. The van der Waals surface area contributed by atoms with Crippen molar-refractivity contribution in [1.82, 2.24) is 9.62 Å². The highest BCUT2D eigenvalue weighted by atomic mass is 32.2. The molecule has 4 nitrogen and oxygen atoms in total. The normalized spacial score (nSPS) is 20.6. The Morgan fingerprint density at radius 1 is 1.33 bits per heavy atom. The van der Waals surface area contributed by atoms with Gasteiger partial charge in [0, 0.05) is 13.1 Å². The lowest BCUT2D eigenvalue weighted by atomic mass is 9.99. The van der Waals surface area contributed by atoms with Gasteiger partial charge in [0.25, 0.3) is 0 Å². The first-order chi connectivity index (χ1) is 9.97. The van der Waals surface area contributed by atoms with Gasteiger partial charge >= 0.3 is 0 Å². The van der Waals surface area contributed by atoms with Crippen LogP contribution in [0.3, 0.4) is 0 Å². The average molecular weight is 310 g/mol. The van der Waals surface area contributed by atoms with Gasteiger partial charge in [-0.2, -0.15) is 0 Å². The molecule has 1 saturated heterocycles. The molecule has 1 heterocycles. The van der Waals surface area contributed by atoms with Crippen molar-refractivity contribution < 1.29 is 8.42 Å². The Labute approximate surface area is 128 Å². The maximum atomic E-state index is 11.6. The summed E-state index contributed by atoms with van der Waals surface area (Å²) in [4.78, 5) is 0. The van der Waals surface area contributed by atoms with Gasteiger partial charge in [0.1, 0.15) is 0 Å². The monoisotopic (exact) mass is 310 g/mol. The lowest BCUT2D eigenvalue weighted by Gasteiger charge is -2.31. The minimum atomic E-state index is -3.03. The molecule has 21 heavy (non-hydrogen) atoms. The molecule has 0 aliphatic carbocycles. The van der Waals surface area contributed by atoms with Crippen molar-refractivity contribution in [1.29, 1.82) is 0 Å². The second-order valence-corrected chi connectivity index (χ2v) is 7.99. The van der Waals surface area contributed by atoms with Gasteiger partial charge in [-0.25, -0.2) is 12.7 Å². The molecular weight excluding hydrogens is 284 g/mol. The maximum absolute atomic E-state index is 11.6. The molecule has 118 valence electrons. The summed E-state index contributed by atoms with van der Waals surface area (Å²) in [5, 5.41) is 3.48. The summed E-state index contributed by atoms with van der Waals surface area (Å²) in [5.74, 6) is 0.436. The van der Waals surface area contributed by atoms with E-state index in [4.69, 9.17) is 0 Å². The Morgan fingerprint density at radius 3 is 2.81 bits per heavy atom. The smallest absolute Gasteiger partial charge is 0.211 e. The molecule has 2 rings (SSSR count). The van der Waals surface area contributed by atoms with Gasteiger partial charge < -0.3 is 5.32 Å². The third-order valence-corrected chi connectivity index (χ3v) is 5.49. The third-order valence-electron chi connectivity index (χ3n) is 4.22. The largest absolute Gasteiger partial charge is 0.316 e. The summed E-state index contributed by atoms with van der Waals surface area (Å²) < 4.78 is 24.8. The number of hydrogen-bond acceptors (Lipinski definition) is 3. The Morgan fingerprint density at radius 2 is 2.10 bits per heavy atom. The van der Waals surface area contributed by atoms with Crippen LogP contribution in [-0.4, -0.2) is 45.2 Å². The predicted molar refractivity (Wildman–Crippen MR) is 86.9 cm³/mol. The van der Waals surface area contributed by atoms with E-state index in [0.29, 0.717) is 19.0 Å². The first-order valence-corrected chi connectivity index (χ1v) is 9.52. The van der Waals surface area contributed by atoms with Crippen LogP contribution in [0.15, 0.2) is 24.3 Å². The summed E-state index contributed by atoms with van der Waals surface area (Å²) in [6.45, 7) is 5.33. The highest BCUT2D eigenvalue weighted by Crippen LogP contribution is 2.18. The minimum Gasteiger partial charge on any atom is -0.316 e. The van der Waals surface area contributed by atoms with E-state index < -0.39 is 10.0 Å². The number of rotatable bonds is 6. The summed E-state index contributed by atoms with van der Waals surface area (Å²) in [6, 6.07) is 8.45. The number of nitrogens with one attached hydrogen (secondary N) is 1. The van der Waals surface area contributed by atoms with Gasteiger partial charge in [0.15, 0.2) is 0 Å². The predicted octanol–water partition coefficient (Wildman–Crippen LogP) is 1.80. The molecule has 1 unspecified atom stereocenters. The lowest BCUT2D eigenvalue weighted by Crippen LogP contribution is -2.42. The van der Waals surface area contributed by atoms with Gasteiger partial charge in [-0.15, -0.1) is 0 Å². The van der Waals surface area contributed by atoms with Gasteiger partial charge in [-0.05, 0) is 56.3 Å². The number of piperidine rings is 1. The van der Waals surface area contributed by atoms with Gasteiger partial charge in [-0.3, -0.25) is 0 Å². The Bertz CT molecular complexity index is 557. The lowest BCUT2D eigenvalue weighted by molar-refractivity contribution is 0.262. The van der Waals surface area contributed by atoms with Gasteiger partial charge in [0.2, 0.25) is 10.0 Å². The van der Waals surface area contributed by atoms with Crippen LogP contribution < -0.4 is 5.32 Å². The number of sulfonamides is 1. The Balaban J connectivity index is 1.73. The molecule has 0 aromatic heterocycles. The van der Waals surface area contributed by atoms with E-state index in [9.17, 15) is 8.42 Å². The molecule has 0 spiro atoms. The van der Waals surface area contributed by atoms with E-state index in [1.165, 1.54) is 17.4 Å². The van der Waals surface area contributed by atoms with Crippen LogP contribution in [-0.2, 0) is 16.4 Å². The number of nitrogens with zero attached hydrogens (tertiary/aromatic N) is 1. The molecule has 0 saturated carbocycles. The van der Waals surface area contributed by atoms with Crippen LogP contribution in [0.2, 0.25) is 0 Å². The highest BCUT2D eigenvalue weighted by molar-refractivity contribution is 7.88. The summed E-state index contributed by atoms with van der Waals surface area (Å²) in [6.07, 6.45) is 4.41. The fraction of sp³-hybridized carbons (Fsp3) is 0.625. The van der Waals surface area contributed by atoms with E-state index in [0.717, 1.165) is 32.4 Å². The van der Waals surface area contributed by atoms with Crippen LogP contribution in [0, 0.1) is 12.8 Å². The molecular formula is C16H26N2O2S. The average Bonchev–Trinajstić information content (AvgIpc) is 2.45. The molecule has 0 amide bonds. The second-order valence-electron chi connectivity index (χ2n) is 6.01. The second kappa shape index (κ2) is 7.38. The fourth-order valence-corrected chi connectivity index (χ4v) is 3.86. The molecule has 1 fully saturated rings. The minimum absolute atomic E-state index is 0.436. The topological polar surface area (TPSA) is 49.4 Å². The van der Waals surface area contributed by atoms with E-state index in [-0.39, 0.29) is 0 Å². The van der Waals surface area contributed by atoms with E-state index >= 15 is 0 Å². The van der Waals surface area contributed by atoms with Crippen molar-refractivity contribution in [3.63, 3.8) is 0 Å². The first-order valence-electron chi connectivity index (χ1n) is 7.67. The zero-order valence-electron chi connectivity index (χ0n) is 13.0. The van der Waals surface area contributed by atoms with E-state index in [1.807, 2.05) is 0 Å². The summed E-state index contributed by atoms with van der Waals surface area (Å²) in [5.41, 5.74) is 2.71. The molecule has 0 radical (unpaired) electrons. The van der Waals surface area contributed by atoms with Crippen molar-refractivity contribution in [3.8, 4) is 0 Å². The molecule has 1 atom stereocenters. The Kier molecular flexibility index (Phi) is 5.79. The fourth-order valence-electron chi connectivity index (χ4n) is 2.91. The van der Waals surface area contributed by atoms with Gasteiger partial charge in [0.05, 0.1) is 6.26 Å². The standard InChI is InChI=1S/C16H26N2O2S/c1-14-6-3-4-8-16(14)9-10-17-12-15-7-5-11-18(13-15)21(2,19)20/h3-4,6,8,15,17H,5,7,9-13H2,1-2H3. The molecule has 1 aromatic carbocycles. The van der Waals surface area contributed by atoms with Crippen LogP contribution in [0.25, 0.3) is 0 Å². The quantitative estimate of drug-likeness (QED) is 0.815. The zero-order valence-corrected chi connectivity index (χ0v) is 13.8.